The molecule has 0 saturated carbocycles. The molecule has 0 radical (unpaired) electrons. The SMILES string of the molecule is c1ccc(N(c2ccccc2)c2cccc(-c3ccc(-c4cc5[nH]c6ccccc6c5c5ccccc45)cc3)c2)cc1. The van der Waals surface area contributed by atoms with Gasteiger partial charge in [-0.25, -0.2) is 0 Å². The molecule has 0 aliphatic heterocycles. The van der Waals surface area contributed by atoms with E-state index in [4.69, 9.17) is 0 Å². The summed E-state index contributed by atoms with van der Waals surface area (Å²) in [5.74, 6) is 0. The Morgan fingerprint density at radius 1 is 0.357 bits per heavy atom. The van der Waals surface area contributed by atoms with Gasteiger partial charge in [0.15, 0.2) is 0 Å². The number of nitrogens with one attached hydrogen (secondary N) is 1. The zero-order valence-electron chi connectivity index (χ0n) is 23.0. The van der Waals surface area contributed by atoms with E-state index in [1.807, 2.05) is 0 Å². The van der Waals surface area contributed by atoms with Gasteiger partial charge in [-0.3, -0.25) is 0 Å². The first-order valence-corrected chi connectivity index (χ1v) is 14.4. The van der Waals surface area contributed by atoms with Gasteiger partial charge in [0.25, 0.3) is 0 Å². The summed E-state index contributed by atoms with van der Waals surface area (Å²) < 4.78 is 0. The molecular weight excluding hydrogens is 508 g/mol. The van der Waals surface area contributed by atoms with E-state index in [0.29, 0.717) is 0 Å². The number of fused-ring (bicyclic) bond motifs is 5. The highest BCUT2D eigenvalue weighted by Gasteiger charge is 2.15. The van der Waals surface area contributed by atoms with Crippen molar-refractivity contribution in [2.45, 2.75) is 0 Å². The van der Waals surface area contributed by atoms with E-state index in [-0.39, 0.29) is 0 Å². The number of para-hydroxylation sites is 3. The molecule has 2 heteroatoms. The van der Waals surface area contributed by atoms with E-state index in [9.17, 15) is 0 Å². The summed E-state index contributed by atoms with van der Waals surface area (Å²) in [7, 11) is 0. The van der Waals surface area contributed by atoms with Crippen molar-refractivity contribution in [1.82, 2.24) is 4.98 Å². The molecule has 8 rings (SSSR count). The third-order valence-corrected chi connectivity index (χ3v) is 8.17. The van der Waals surface area contributed by atoms with Crippen molar-refractivity contribution in [3.8, 4) is 22.3 Å². The van der Waals surface area contributed by atoms with Crippen molar-refractivity contribution in [2.75, 3.05) is 4.90 Å². The van der Waals surface area contributed by atoms with Crippen molar-refractivity contribution in [2.24, 2.45) is 0 Å². The minimum atomic E-state index is 1.13. The zero-order chi connectivity index (χ0) is 27.9. The van der Waals surface area contributed by atoms with Crippen molar-refractivity contribution >= 4 is 49.6 Å². The monoisotopic (exact) mass is 536 g/mol. The number of anilines is 3. The number of H-pyrrole nitrogens is 1. The molecule has 0 aliphatic carbocycles. The Morgan fingerprint density at radius 2 is 0.929 bits per heavy atom. The van der Waals surface area contributed by atoms with Gasteiger partial charge in [0, 0.05) is 38.9 Å². The third kappa shape index (κ3) is 4.13. The van der Waals surface area contributed by atoms with E-state index < -0.39 is 0 Å². The lowest BCUT2D eigenvalue weighted by molar-refractivity contribution is 1.28. The number of nitrogens with zero attached hydrogens (tertiary/aromatic N) is 1. The van der Waals surface area contributed by atoms with Crippen LogP contribution in [0.15, 0.2) is 164 Å². The van der Waals surface area contributed by atoms with Gasteiger partial charge in [-0.15, -0.1) is 0 Å². The maximum Gasteiger partial charge on any atom is 0.0477 e. The van der Waals surface area contributed by atoms with Gasteiger partial charge < -0.3 is 9.88 Å². The molecule has 0 atom stereocenters. The largest absolute Gasteiger partial charge is 0.354 e. The Morgan fingerprint density at radius 3 is 1.64 bits per heavy atom. The minimum absolute atomic E-state index is 1.13. The maximum absolute atomic E-state index is 3.66. The fourth-order valence-corrected chi connectivity index (χ4v) is 6.23. The first kappa shape index (κ1) is 24.2. The Labute approximate surface area is 245 Å². The molecule has 0 fully saturated rings. The second-order valence-corrected chi connectivity index (χ2v) is 10.7. The van der Waals surface area contributed by atoms with Crippen LogP contribution in [0.5, 0.6) is 0 Å². The van der Waals surface area contributed by atoms with Crippen LogP contribution in [0.2, 0.25) is 0 Å². The van der Waals surface area contributed by atoms with Crippen LogP contribution in [0, 0.1) is 0 Å². The fraction of sp³-hybridized carbons (Fsp3) is 0. The standard InChI is InChI=1S/C40H28N2/c1-3-13-31(14-4-1)42(32-15-5-2-6-16-32)33-17-11-12-30(26-33)28-22-24-29(25-23-28)37-27-39-40(35-19-8-7-18-34(35)37)36-20-9-10-21-38(36)41-39/h1-27,41H. The van der Waals surface area contributed by atoms with Crippen LogP contribution in [0.1, 0.15) is 0 Å². The van der Waals surface area contributed by atoms with Crippen LogP contribution in [0.3, 0.4) is 0 Å². The molecule has 42 heavy (non-hydrogen) atoms. The molecule has 0 bridgehead atoms. The van der Waals surface area contributed by atoms with Gasteiger partial charge in [0.2, 0.25) is 0 Å². The van der Waals surface area contributed by atoms with E-state index in [0.717, 1.165) is 17.1 Å². The Hall–Kier alpha value is -5.60. The molecule has 1 aromatic heterocycles. The van der Waals surface area contributed by atoms with Gasteiger partial charge in [-0.05, 0) is 81.6 Å². The summed E-state index contributed by atoms with van der Waals surface area (Å²) in [5, 5.41) is 5.11. The first-order chi connectivity index (χ1) is 20.8. The van der Waals surface area contributed by atoms with Gasteiger partial charge in [-0.1, -0.05) is 115 Å². The topological polar surface area (TPSA) is 19.0 Å². The summed E-state index contributed by atoms with van der Waals surface area (Å²) in [5.41, 5.74) is 10.6. The fourth-order valence-electron chi connectivity index (χ4n) is 6.23. The molecule has 0 amide bonds. The van der Waals surface area contributed by atoms with Crippen molar-refractivity contribution in [3.05, 3.63) is 164 Å². The third-order valence-electron chi connectivity index (χ3n) is 8.17. The highest BCUT2D eigenvalue weighted by molar-refractivity contribution is 6.23. The summed E-state index contributed by atoms with van der Waals surface area (Å²) in [6, 6.07) is 58.5. The lowest BCUT2D eigenvalue weighted by Crippen LogP contribution is -2.09. The van der Waals surface area contributed by atoms with Crippen molar-refractivity contribution in [1.29, 1.82) is 0 Å². The molecular formula is C40H28N2. The normalized spacial score (nSPS) is 11.3. The maximum atomic E-state index is 3.66. The number of rotatable bonds is 5. The molecule has 0 unspecified atom stereocenters. The van der Waals surface area contributed by atoms with Crippen LogP contribution >= 0.6 is 0 Å². The lowest BCUT2D eigenvalue weighted by atomic mass is 9.93. The molecule has 0 spiro atoms. The highest BCUT2D eigenvalue weighted by Crippen LogP contribution is 2.40. The quantitative estimate of drug-likeness (QED) is 0.232. The summed E-state index contributed by atoms with van der Waals surface area (Å²) >= 11 is 0. The van der Waals surface area contributed by atoms with Crippen LogP contribution in [0.4, 0.5) is 17.1 Å². The van der Waals surface area contributed by atoms with Gasteiger partial charge in [-0.2, -0.15) is 0 Å². The molecule has 0 aliphatic rings. The summed E-state index contributed by atoms with van der Waals surface area (Å²) in [6.07, 6.45) is 0. The molecule has 7 aromatic carbocycles. The van der Waals surface area contributed by atoms with E-state index in [1.165, 1.54) is 54.8 Å². The van der Waals surface area contributed by atoms with E-state index in [2.05, 4.69) is 174 Å². The first-order valence-electron chi connectivity index (χ1n) is 14.4. The Bertz CT molecular complexity index is 2140. The van der Waals surface area contributed by atoms with Crippen LogP contribution in [-0.4, -0.2) is 4.98 Å². The van der Waals surface area contributed by atoms with E-state index >= 15 is 0 Å². The number of hydrogen-bond acceptors (Lipinski definition) is 1. The van der Waals surface area contributed by atoms with Gasteiger partial charge >= 0.3 is 0 Å². The minimum Gasteiger partial charge on any atom is -0.354 e. The van der Waals surface area contributed by atoms with Crippen LogP contribution in [-0.2, 0) is 0 Å². The second-order valence-electron chi connectivity index (χ2n) is 10.7. The number of aromatic nitrogens is 1. The predicted octanol–water partition coefficient (Wildman–Crippen LogP) is 11.3. The summed E-state index contributed by atoms with van der Waals surface area (Å²) in [4.78, 5) is 5.96. The Kier molecular flexibility index (Phi) is 5.82. The van der Waals surface area contributed by atoms with Gasteiger partial charge in [0.05, 0.1) is 0 Å². The van der Waals surface area contributed by atoms with E-state index in [1.54, 1.807) is 0 Å². The van der Waals surface area contributed by atoms with Crippen molar-refractivity contribution < 1.29 is 0 Å². The second kappa shape index (κ2) is 10.1. The average Bonchev–Trinajstić information content (AvgIpc) is 3.45. The van der Waals surface area contributed by atoms with Crippen LogP contribution in [0.25, 0.3) is 54.8 Å². The smallest absolute Gasteiger partial charge is 0.0477 e. The number of aromatic amines is 1. The molecule has 2 nitrogen and oxygen atoms in total. The van der Waals surface area contributed by atoms with Crippen LogP contribution < -0.4 is 4.90 Å². The average molecular weight is 537 g/mol. The lowest BCUT2D eigenvalue weighted by Gasteiger charge is -2.26. The molecule has 8 aromatic rings. The van der Waals surface area contributed by atoms with Gasteiger partial charge in [0.1, 0.15) is 0 Å². The molecule has 0 saturated heterocycles. The highest BCUT2D eigenvalue weighted by atomic mass is 15.1. The molecule has 1 heterocycles. The molecule has 1 N–H and O–H groups in total. The predicted molar refractivity (Wildman–Crippen MR) is 179 cm³/mol. The van der Waals surface area contributed by atoms with Crippen molar-refractivity contribution in [3.63, 3.8) is 0 Å². The number of hydrogen-bond donors (Lipinski definition) is 1. The Balaban J connectivity index is 1.21. The molecule has 198 valence electrons. The zero-order valence-corrected chi connectivity index (χ0v) is 23.0. The summed E-state index contributed by atoms with van der Waals surface area (Å²) in [6.45, 7) is 0. The number of benzene rings is 7.